The van der Waals surface area contributed by atoms with Crippen LogP contribution in [-0.4, -0.2) is 33.6 Å². The molecule has 0 amide bonds. The Morgan fingerprint density at radius 2 is 1.58 bits per heavy atom. The van der Waals surface area contributed by atoms with Crippen molar-refractivity contribution in [2.45, 2.75) is 104 Å². The van der Waals surface area contributed by atoms with Gasteiger partial charge in [0, 0.05) is 5.41 Å². The Morgan fingerprint density at radius 1 is 0.939 bits per heavy atom. The van der Waals surface area contributed by atoms with Crippen LogP contribution in [0.3, 0.4) is 0 Å². The molecule has 4 fully saturated rings. The molecule has 0 saturated heterocycles. The van der Waals surface area contributed by atoms with Crippen molar-refractivity contribution < 1.29 is 19.8 Å². The number of carboxylic acids is 1. The van der Waals surface area contributed by atoms with E-state index >= 15 is 0 Å². The first-order valence-electron chi connectivity index (χ1n) is 13.2. The second-order valence-corrected chi connectivity index (χ2v) is 13.7. The first-order valence-corrected chi connectivity index (χ1v) is 13.2. The van der Waals surface area contributed by atoms with Gasteiger partial charge in [-0.25, -0.2) is 0 Å². The number of fused-ring (bicyclic) bond motifs is 7. The van der Waals surface area contributed by atoms with E-state index in [9.17, 15) is 19.8 Å². The Bertz CT molecular complexity index is 925. The summed E-state index contributed by atoms with van der Waals surface area (Å²) in [7, 11) is 0. The van der Waals surface area contributed by atoms with E-state index in [1.807, 2.05) is 6.08 Å². The molecule has 5 aliphatic carbocycles. The van der Waals surface area contributed by atoms with E-state index in [0.717, 1.165) is 44.9 Å². The van der Waals surface area contributed by atoms with Crippen LogP contribution in [0.5, 0.6) is 0 Å². The molecular weight excluding hydrogens is 414 g/mol. The lowest BCUT2D eigenvalue weighted by atomic mass is 9.34. The van der Waals surface area contributed by atoms with Gasteiger partial charge in [0.2, 0.25) is 0 Å². The van der Waals surface area contributed by atoms with Gasteiger partial charge in [-0.05, 0) is 97.9 Å². The van der Waals surface area contributed by atoms with Crippen molar-refractivity contribution >= 4 is 11.8 Å². The van der Waals surface area contributed by atoms with Crippen LogP contribution in [0.4, 0.5) is 0 Å². The van der Waals surface area contributed by atoms with Gasteiger partial charge in [0.05, 0.1) is 17.6 Å². The molecule has 0 aromatic heterocycles. The van der Waals surface area contributed by atoms with Crippen molar-refractivity contribution in [1.29, 1.82) is 0 Å². The molecule has 0 heterocycles. The highest BCUT2D eigenvalue weighted by atomic mass is 16.4. The van der Waals surface area contributed by atoms with Gasteiger partial charge in [-0.3, -0.25) is 9.59 Å². The van der Waals surface area contributed by atoms with E-state index in [-0.39, 0.29) is 57.2 Å². The summed E-state index contributed by atoms with van der Waals surface area (Å²) in [5.41, 5.74) is 6.78. The molecule has 5 heteroatoms. The predicted octanol–water partition coefficient (Wildman–Crippen LogP) is 4.71. The Labute approximate surface area is 198 Å². The molecule has 5 nitrogen and oxygen atoms in total. The molecule has 4 N–H and O–H groups in total. The van der Waals surface area contributed by atoms with Crippen LogP contribution >= 0.6 is 0 Å². The average Bonchev–Trinajstić information content (AvgIpc) is 2.73. The Morgan fingerprint density at radius 3 is 2.24 bits per heavy atom. The summed E-state index contributed by atoms with van der Waals surface area (Å²) >= 11 is 0. The molecule has 9 atom stereocenters. The highest BCUT2D eigenvalue weighted by molar-refractivity contribution is 6.01. The van der Waals surface area contributed by atoms with Gasteiger partial charge in [0.15, 0.2) is 5.78 Å². The van der Waals surface area contributed by atoms with Crippen molar-refractivity contribution in [3.8, 4) is 0 Å². The quantitative estimate of drug-likeness (QED) is 0.529. The standard InChI is InChI=1S/C28H43NO4/c1-24(2)20-8-12-26(4)18-7-11-25(3)10-6-16(23(32)33)14-19(25)17(18)15-22(31)28(26,29)27(20,5)13-9-21(24)30/h15-16,18-21,30H,6-14,29H2,1-5H3,(H,32,33)/t16-,18?,19-,20?,21-,25+,26-,27-,28+/m0/s1. The number of carbonyl (C=O) groups excluding carboxylic acids is 1. The van der Waals surface area contributed by atoms with Gasteiger partial charge in [0.1, 0.15) is 0 Å². The lowest BCUT2D eigenvalue weighted by molar-refractivity contribution is -0.197. The van der Waals surface area contributed by atoms with Gasteiger partial charge in [-0.1, -0.05) is 40.2 Å². The first-order chi connectivity index (χ1) is 15.2. The molecule has 4 saturated carbocycles. The van der Waals surface area contributed by atoms with Crippen LogP contribution in [-0.2, 0) is 9.59 Å². The fraction of sp³-hybridized carbons (Fsp3) is 0.857. The van der Waals surface area contributed by atoms with Gasteiger partial charge >= 0.3 is 5.97 Å². The SMILES string of the molecule is CC1(C)C2CC[C@@]3(C)C4CC[C@@]5(C)CC[C@H](C(=O)O)C[C@H]5C4=CC(=O)[C@]3(N)[C@@]2(C)CC[C@@H]1O. The lowest BCUT2D eigenvalue weighted by Crippen LogP contribution is -2.78. The molecule has 2 unspecified atom stereocenters. The van der Waals surface area contributed by atoms with E-state index in [4.69, 9.17) is 5.73 Å². The minimum absolute atomic E-state index is 0.0531. The number of aliphatic carboxylic acids is 1. The summed E-state index contributed by atoms with van der Waals surface area (Å²) in [4.78, 5) is 26.0. The molecule has 0 aromatic carbocycles. The number of carboxylic acid groups (broad SMARTS) is 1. The molecule has 0 radical (unpaired) electrons. The summed E-state index contributed by atoms with van der Waals surface area (Å²) in [5.74, 6) is -0.366. The molecule has 5 rings (SSSR count). The summed E-state index contributed by atoms with van der Waals surface area (Å²) in [6, 6.07) is 0. The topological polar surface area (TPSA) is 101 Å². The third-order valence-electron chi connectivity index (χ3n) is 12.3. The van der Waals surface area contributed by atoms with Crippen LogP contribution in [0.1, 0.15) is 92.4 Å². The number of ketones is 1. The molecule has 0 aromatic rings. The number of nitrogens with two attached hydrogens (primary N) is 1. The minimum Gasteiger partial charge on any atom is -0.481 e. The smallest absolute Gasteiger partial charge is 0.306 e. The monoisotopic (exact) mass is 457 g/mol. The zero-order chi connectivity index (χ0) is 24.2. The van der Waals surface area contributed by atoms with Crippen LogP contribution < -0.4 is 5.73 Å². The first kappa shape index (κ1) is 23.5. The van der Waals surface area contributed by atoms with E-state index in [1.165, 1.54) is 5.57 Å². The number of aliphatic hydroxyl groups excluding tert-OH is 1. The lowest BCUT2D eigenvalue weighted by Gasteiger charge is -2.71. The fourth-order valence-corrected chi connectivity index (χ4v) is 9.97. The van der Waals surface area contributed by atoms with Crippen LogP contribution in [0, 0.1) is 45.3 Å². The number of rotatable bonds is 1. The zero-order valence-corrected chi connectivity index (χ0v) is 21.1. The maximum absolute atomic E-state index is 14.2. The molecule has 0 spiro atoms. The third-order valence-corrected chi connectivity index (χ3v) is 12.3. The van der Waals surface area contributed by atoms with E-state index < -0.39 is 11.5 Å². The Hall–Kier alpha value is -1.20. The van der Waals surface area contributed by atoms with Gasteiger partial charge < -0.3 is 15.9 Å². The van der Waals surface area contributed by atoms with Gasteiger partial charge in [-0.15, -0.1) is 0 Å². The molecule has 0 aliphatic heterocycles. The van der Waals surface area contributed by atoms with Crippen LogP contribution in [0.25, 0.3) is 0 Å². The normalized spacial score (nSPS) is 53.1. The number of hydrogen-bond donors (Lipinski definition) is 3. The van der Waals surface area contributed by atoms with Crippen molar-refractivity contribution in [2.75, 3.05) is 0 Å². The molecule has 5 aliphatic rings. The van der Waals surface area contributed by atoms with E-state index in [1.54, 1.807) is 0 Å². The predicted molar refractivity (Wildman–Crippen MR) is 127 cm³/mol. The van der Waals surface area contributed by atoms with Gasteiger partial charge in [0.25, 0.3) is 0 Å². The summed E-state index contributed by atoms with van der Waals surface area (Å²) in [6.45, 7) is 11.1. The minimum atomic E-state index is -0.955. The van der Waals surface area contributed by atoms with E-state index in [0.29, 0.717) is 12.8 Å². The second-order valence-electron chi connectivity index (χ2n) is 13.7. The molecule has 0 bridgehead atoms. The molecular formula is C28H43NO4. The Balaban J connectivity index is 1.61. The number of carbonyl (C=O) groups is 2. The molecule has 184 valence electrons. The summed E-state index contributed by atoms with van der Waals surface area (Å²) < 4.78 is 0. The number of aliphatic hydroxyl groups is 1. The largest absolute Gasteiger partial charge is 0.481 e. The number of allylic oxidation sites excluding steroid dienone is 1. The van der Waals surface area contributed by atoms with Crippen LogP contribution in [0.2, 0.25) is 0 Å². The summed E-state index contributed by atoms with van der Waals surface area (Å²) in [6.07, 6.45) is 9.28. The van der Waals surface area contributed by atoms with Crippen molar-refractivity contribution in [2.24, 2.45) is 51.1 Å². The second kappa shape index (κ2) is 6.94. The molecule has 33 heavy (non-hydrogen) atoms. The van der Waals surface area contributed by atoms with Crippen LogP contribution in [0.15, 0.2) is 11.6 Å². The zero-order valence-electron chi connectivity index (χ0n) is 21.1. The highest BCUT2D eigenvalue weighted by Crippen LogP contribution is 2.71. The van der Waals surface area contributed by atoms with Crippen molar-refractivity contribution in [3.63, 3.8) is 0 Å². The van der Waals surface area contributed by atoms with E-state index in [2.05, 4.69) is 34.6 Å². The third kappa shape index (κ3) is 2.73. The summed E-state index contributed by atoms with van der Waals surface area (Å²) in [5, 5.41) is 20.6. The fourth-order valence-electron chi connectivity index (χ4n) is 9.97. The van der Waals surface area contributed by atoms with Gasteiger partial charge in [-0.2, -0.15) is 0 Å². The highest BCUT2D eigenvalue weighted by Gasteiger charge is 2.73. The maximum atomic E-state index is 14.2. The maximum Gasteiger partial charge on any atom is 0.306 e. The Kier molecular flexibility index (Phi) is 4.95. The van der Waals surface area contributed by atoms with Crippen molar-refractivity contribution in [3.05, 3.63) is 11.6 Å². The van der Waals surface area contributed by atoms with Crippen molar-refractivity contribution in [1.82, 2.24) is 0 Å². The average molecular weight is 458 g/mol. The number of hydrogen-bond acceptors (Lipinski definition) is 4.